The lowest BCUT2D eigenvalue weighted by Gasteiger charge is -2.14. The highest BCUT2D eigenvalue weighted by Crippen LogP contribution is 2.22. The third kappa shape index (κ3) is 3.88. The van der Waals surface area contributed by atoms with Crippen LogP contribution in [0.5, 0.6) is 0 Å². The van der Waals surface area contributed by atoms with Gasteiger partial charge in [0.25, 0.3) is 5.91 Å². The Kier molecular flexibility index (Phi) is 5.34. The maximum absolute atomic E-state index is 12.7. The predicted molar refractivity (Wildman–Crippen MR) is 118 cm³/mol. The van der Waals surface area contributed by atoms with Crippen LogP contribution in [-0.2, 0) is 11.3 Å². The monoisotopic (exact) mass is 423 g/mol. The first-order valence-electron chi connectivity index (χ1n) is 8.82. The van der Waals surface area contributed by atoms with E-state index < -0.39 is 0 Å². The van der Waals surface area contributed by atoms with E-state index in [4.69, 9.17) is 23.2 Å². The van der Waals surface area contributed by atoms with E-state index in [0.717, 1.165) is 0 Å². The molecule has 0 aliphatic heterocycles. The Morgan fingerprint density at radius 1 is 0.931 bits per heavy atom. The lowest BCUT2D eigenvalue weighted by atomic mass is 10.1. The Morgan fingerprint density at radius 2 is 1.55 bits per heavy atom. The molecule has 0 aliphatic rings. The summed E-state index contributed by atoms with van der Waals surface area (Å²) >= 11 is 11.9. The summed E-state index contributed by atoms with van der Waals surface area (Å²) in [6.45, 7) is 0.0139. The zero-order valence-electron chi connectivity index (χ0n) is 15.1. The second-order valence-corrected chi connectivity index (χ2v) is 7.23. The van der Waals surface area contributed by atoms with Gasteiger partial charge in [0.15, 0.2) is 5.43 Å². The number of para-hydroxylation sites is 2. The van der Waals surface area contributed by atoms with Gasteiger partial charge in [-0.2, -0.15) is 5.10 Å². The van der Waals surface area contributed by atoms with E-state index in [9.17, 15) is 9.59 Å². The maximum atomic E-state index is 12.7. The molecule has 144 valence electrons. The second kappa shape index (κ2) is 8.07. The van der Waals surface area contributed by atoms with Crippen LogP contribution in [0.2, 0.25) is 10.0 Å². The molecule has 0 saturated carbocycles. The van der Waals surface area contributed by atoms with Gasteiger partial charge in [-0.25, -0.2) is 5.43 Å². The minimum absolute atomic E-state index is 0.0139. The van der Waals surface area contributed by atoms with Gasteiger partial charge in [-0.05, 0) is 42.0 Å². The van der Waals surface area contributed by atoms with Crippen molar-refractivity contribution in [3.05, 3.63) is 92.6 Å². The van der Waals surface area contributed by atoms with E-state index in [1.54, 1.807) is 30.3 Å². The number of rotatable bonds is 4. The molecule has 3 aromatic carbocycles. The zero-order valence-corrected chi connectivity index (χ0v) is 16.6. The molecule has 7 heteroatoms. The van der Waals surface area contributed by atoms with Gasteiger partial charge in [0, 0.05) is 10.8 Å². The van der Waals surface area contributed by atoms with Crippen LogP contribution in [-0.4, -0.2) is 16.7 Å². The standard InChI is InChI=1S/C22H15Cl2N3O2/c23-17-10-9-14(11-18(17)24)12-25-26-21(28)13-27-19-7-3-1-5-15(19)22(29)16-6-2-4-8-20(16)27/h1-12H,13H2,(H,26,28)/b25-12-. The molecule has 1 N–H and O–H groups in total. The summed E-state index contributed by atoms with van der Waals surface area (Å²) in [7, 11) is 0. The van der Waals surface area contributed by atoms with Crippen molar-refractivity contribution in [1.82, 2.24) is 9.99 Å². The van der Waals surface area contributed by atoms with E-state index >= 15 is 0 Å². The molecule has 4 aromatic rings. The van der Waals surface area contributed by atoms with E-state index in [0.29, 0.717) is 37.4 Å². The van der Waals surface area contributed by atoms with Crippen molar-refractivity contribution in [2.75, 3.05) is 0 Å². The summed E-state index contributed by atoms with van der Waals surface area (Å²) in [6.07, 6.45) is 1.49. The number of fused-ring (bicyclic) bond motifs is 2. The van der Waals surface area contributed by atoms with Crippen molar-refractivity contribution >= 4 is 57.1 Å². The molecule has 1 heterocycles. The second-order valence-electron chi connectivity index (χ2n) is 6.42. The molecule has 5 nitrogen and oxygen atoms in total. The molecular weight excluding hydrogens is 409 g/mol. The Labute approximate surface area is 176 Å². The van der Waals surface area contributed by atoms with Crippen molar-refractivity contribution < 1.29 is 4.79 Å². The van der Waals surface area contributed by atoms with Gasteiger partial charge in [0.05, 0.1) is 27.3 Å². The van der Waals surface area contributed by atoms with Gasteiger partial charge in [-0.15, -0.1) is 0 Å². The average molecular weight is 424 g/mol. The molecule has 0 unspecified atom stereocenters. The van der Waals surface area contributed by atoms with Crippen molar-refractivity contribution in [2.24, 2.45) is 5.10 Å². The smallest absolute Gasteiger partial charge is 0.260 e. The zero-order chi connectivity index (χ0) is 20.4. The molecular formula is C22H15Cl2N3O2. The lowest BCUT2D eigenvalue weighted by Crippen LogP contribution is -2.25. The molecule has 0 bridgehead atoms. The predicted octanol–water partition coefficient (Wildman–Crippen LogP) is 4.61. The number of amides is 1. The van der Waals surface area contributed by atoms with Crippen molar-refractivity contribution in [2.45, 2.75) is 6.54 Å². The molecule has 4 rings (SSSR count). The summed E-state index contributed by atoms with van der Waals surface area (Å²) in [5.41, 5.74) is 4.56. The Bertz CT molecular complexity index is 1270. The van der Waals surface area contributed by atoms with Gasteiger partial charge in [0.2, 0.25) is 0 Å². The molecule has 0 fully saturated rings. The van der Waals surface area contributed by atoms with Crippen LogP contribution in [0.3, 0.4) is 0 Å². The van der Waals surface area contributed by atoms with Crippen LogP contribution in [0.4, 0.5) is 0 Å². The molecule has 1 aromatic heterocycles. The summed E-state index contributed by atoms with van der Waals surface area (Å²) in [5, 5.41) is 5.98. The van der Waals surface area contributed by atoms with Gasteiger partial charge >= 0.3 is 0 Å². The first-order chi connectivity index (χ1) is 14.0. The maximum Gasteiger partial charge on any atom is 0.260 e. The summed E-state index contributed by atoms with van der Waals surface area (Å²) in [6, 6.07) is 19.5. The van der Waals surface area contributed by atoms with Crippen molar-refractivity contribution in [1.29, 1.82) is 0 Å². The number of benzene rings is 3. The number of carbonyl (C=O) groups is 1. The van der Waals surface area contributed by atoms with E-state index in [2.05, 4.69) is 10.5 Å². The number of pyridine rings is 1. The number of hydrogen-bond acceptors (Lipinski definition) is 3. The highest BCUT2D eigenvalue weighted by atomic mass is 35.5. The van der Waals surface area contributed by atoms with E-state index in [-0.39, 0.29) is 17.9 Å². The number of aromatic nitrogens is 1. The van der Waals surface area contributed by atoms with E-state index in [1.807, 2.05) is 41.0 Å². The molecule has 0 spiro atoms. The van der Waals surface area contributed by atoms with E-state index in [1.165, 1.54) is 6.21 Å². The molecule has 0 saturated heterocycles. The fourth-order valence-electron chi connectivity index (χ4n) is 3.20. The summed E-state index contributed by atoms with van der Waals surface area (Å²) in [4.78, 5) is 25.3. The first-order valence-corrected chi connectivity index (χ1v) is 9.57. The Balaban J connectivity index is 1.64. The Morgan fingerprint density at radius 3 is 2.17 bits per heavy atom. The lowest BCUT2D eigenvalue weighted by molar-refractivity contribution is -0.121. The topological polar surface area (TPSA) is 63.5 Å². The van der Waals surface area contributed by atoms with Gasteiger partial charge < -0.3 is 4.57 Å². The van der Waals surface area contributed by atoms with Crippen LogP contribution in [0.15, 0.2) is 76.6 Å². The minimum atomic E-state index is -0.319. The average Bonchev–Trinajstić information content (AvgIpc) is 2.74. The number of nitrogens with zero attached hydrogens (tertiary/aromatic N) is 2. The number of carbonyl (C=O) groups excluding carboxylic acids is 1. The fraction of sp³-hybridized carbons (Fsp3) is 0.0455. The van der Waals surface area contributed by atoms with Crippen LogP contribution in [0.1, 0.15) is 5.56 Å². The normalized spacial score (nSPS) is 11.4. The minimum Gasteiger partial charge on any atom is -0.331 e. The third-order valence-electron chi connectivity index (χ3n) is 4.53. The largest absolute Gasteiger partial charge is 0.331 e. The Hall–Kier alpha value is -3.15. The van der Waals surface area contributed by atoms with Crippen molar-refractivity contribution in [3.63, 3.8) is 0 Å². The molecule has 1 amide bonds. The van der Waals surface area contributed by atoms with Crippen LogP contribution in [0, 0.1) is 0 Å². The van der Waals surface area contributed by atoms with Crippen molar-refractivity contribution in [3.8, 4) is 0 Å². The van der Waals surface area contributed by atoms with Crippen LogP contribution in [0.25, 0.3) is 21.8 Å². The first kappa shape index (κ1) is 19.2. The number of hydrazone groups is 1. The SMILES string of the molecule is O=C(Cn1c2ccccc2c(=O)c2ccccc21)N/N=C\c1ccc(Cl)c(Cl)c1. The van der Waals surface area contributed by atoms with Gasteiger partial charge in [-0.3, -0.25) is 9.59 Å². The summed E-state index contributed by atoms with van der Waals surface area (Å²) < 4.78 is 1.82. The van der Waals surface area contributed by atoms with Crippen LogP contribution < -0.4 is 10.9 Å². The van der Waals surface area contributed by atoms with Gasteiger partial charge in [-0.1, -0.05) is 53.5 Å². The molecule has 0 atom stereocenters. The van der Waals surface area contributed by atoms with Gasteiger partial charge in [0.1, 0.15) is 6.54 Å². The number of halogens is 2. The highest BCUT2D eigenvalue weighted by Gasteiger charge is 2.12. The number of hydrogen-bond donors (Lipinski definition) is 1. The quantitative estimate of drug-likeness (QED) is 0.295. The number of nitrogens with one attached hydrogen (secondary N) is 1. The van der Waals surface area contributed by atoms with Crippen LogP contribution >= 0.6 is 23.2 Å². The third-order valence-corrected chi connectivity index (χ3v) is 5.27. The fourth-order valence-corrected chi connectivity index (χ4v) is 3.50. The molecule has 29 heavy (non-hydrogen) atoms. The molecule has 0 aliphatic carbocycles. The summed E-state index contributed by atoms with van der Waals surface area (Å²) in [5.74, 6) is -0.319. The molecule has 0 radical (unpaired) electrons. The highest BCUT2D eigenvalue weighted by molar-refractivity contribution is 6.42.